The Labute approximate surface area is 217 Å². The third-order valence-electron chi connectivity index (χ3n) is 6.01. The van der Waals surface area contributed by atoms with Crippen LogP contribution in [-0.4, -0.2) is 26.1 Å². The van der Waals surface area contributed by atoms with E-state index in [4.69, 9.17) is 9.84 Å². The third-order valence-corrected chi connectivity index (χ3v) is 6.01. The molecule has 0 unspecified atom stereocenters. The monoisotopic (exact) mass is 499 g/mol. The molecule has 1 aliphatic rings. The van der Waals surface area contributed by atoms with E-state index in [0.29, 0.717) is 17.5 Å². The van der Waals surface area contributed by atoms with Crippen molar-refractivity contribution in [3.8, 4) is 5.75 Å². The van der Waals surface area contributed by atoms with Crippen molar-refractivity contribution in [2.75, 3.05) is 0 Å². The lowest BCUT2D eigenvalue weighted by Gasteiger charge is -2.07. The molecule has 3 aromatic carbocycles. The zero-order valence-electron chi connectivity index (χ0n) is 21.3. The highest BCUT2D eigenvalue weighted by molar-refractivity contribution is 5.76. The average molecular weight is 500 g/mol. The van der Waals surface area contributed by atoms with Crippen molar-refractivity contribution in [3.05, 3.63) is 107 Å². The van der Waals surface area contributed by atoms with E-state index in [1.165, 1.54) is 10.2 Å². The van der Waals surface area contributed by atoms with Crippen LogP contribution in [0.2, 0.25) is 0 Å². The van der Waals surface area contributed by atoms with E-state index >= 15 is 0 Å². The topological polar surface area (TPSA) is 94.3 Å². The fourth-order valence-corrected chi connectivity index (χ4v) is 3.82. The van der Waals surface area contributed by atoms with Gasteiger partial charge in [-0.15, -0.1) is 5.10 Å². The summed E-state index contributed by atoms with van der Waals surface area (Å²) in [5.41, 5.74) is 3.93. The summed E-state index contributed by atoms with van der Waals surface area (Å²) < 4.78 is 6.92. The van der Waals surface area contributed by atoms with Crippen molar-refractivity contribution < 1.29 is 14.6 Å². The van der Waals surface area contributed by atoms with Gasteiger partial charge in [0.2, 0.25) is 0 Å². The molecule has 5 rings (SSSR count). The zero-order valence-corrected chi connectivity index (χ0v) is 21.3. The summed E-state index contributed by atoms with van der Waals surface area (Å²) in [6.07, 6.45) is 4.01. The maximum atomic E-state index is 11.4. The molecule has 1 heterocycles. The van der Waals surface area contributed by atoms with Crippen molar-refractivity contribution in [3.63, 3.8) is 0 Å². The van der Waals surface area contributed by atoms with Crippen LogP contribution in [0.3, 0.4) is 0 Å². The first-order valence-electron chi connectivity index (χ1n) is 12.3. The Morgan fingerprint density at radius 3 is 2.22 bits per heavy atom. The molecule has 0 saturated heterocycles. The summed E-state index contributed by atoms with van der Waals surface area (Å²) in [6, 6.07) is 25.3. The van der Waals surface area contributed by atoms with Crippen molar-refractivity contribution in [1.82, 2.24) is 15.0 Å². The minimum Gasteiger partial charge on any atom is -0.489 e. The highest BCUT2D eigenvalue weighted by atomic mass is 16.5. The number of nitrogens with zero attached hydrogens (tertiary/aromatic N) is 3. The maximum Gasteiger partial charge on any atom is 0.306 e. The van der Waals surface area contributed by atoms with Gasteiger partial charge in [0.15, 0.2) is 0 Å². The van der Waals surface area contributed by atoms with Gasteiger partial charge in [0.25, 0.3) is 5.56 Å². The molecule has 0 bridgehead atoms. The first-order valence-corrected chi connectivity index (χ1v) is 12.3. The van der Waals surface area contributed by atoms with Crippen molar-refractivity contribution in [2.24, 2.45) is 13.0 Å². The number of carboxylic acid groups (broad SMARTS) is 1. The molecule has 0 atom stereocenters. The van der Waals surface area contributed by atoms with Gasteiger partial charge in [0, 0.05) is 7.05 Å². The van der Waals surface area contributed by atoms with Gasteiger partial charge in [-0.25, -0.2) is 4.68 Å². The van der Waals surface area contributed by atoms with Crippen LogP contribution in [0.4, 0.5) is 0 Å². The highest BCUT2D eigenvalue weighted by Gasteiger charge is 2.21. The van der Waals surface area contributed by atoms with E-state index in [1.807, 2.05) is 61.5 Å². The van der Waals surface area contributed by atoms with E-state index in [0.717, 1.165) is 42.6 Å². The Balaban J connectivity index is 0.000000165. The van der Waals surface area contributed by atoms with E-state index in [9.17, 15) is 9.59 Å². The molecular weight excluding hydrogens is 466 g/mol. The van der Waals surface area contributed by atoms with Gasteiger partial charge in [-0.3, -0.25) is 9.59 Å². The molecule has 0 spiro atoms. The minimum absolute atomic E-state index is 0.0185. The van der Waals surface area contributed by atoms with Crippen LogP contribution in [0.5, 0.6) is 5.75 Å². The summed E-state index contributed by atoms with van der Waals surface area (Å²) >= 11 is 0. The standard InChI is InChI=1S/C16H16O.C8H7N3O.C6H10O2/c1-13(2)15-8-10-16(11-9-15)17-12-14-6-4-3-5-7-14;1-11-8(12)6-4-2-3-5-7(6)9-10-11;7-6(8)5-3-1-2-4-5/h3-11H,1,12H2,2H3;2-5H,1H3;5H,1-4H2,(H,7,8). The van der Waals surface area contributed by atoms with Gasteiger partial charge in [-0.05, 0) is 55.2 Å². The summed E-state index contributed by atoms with van der Waals surface area (Å²) in [7, 11) is 1.59. The Hall–Kier alpha value is -4.26. The number of ether oxygens (including phenoxy) is 1. The fraction of sp³-hybridized carbons (Fsp3) is 0.267. The second-order valence-electron chi connectivity index (χ2n) is 8.93. The van der Waals surface area contributed by atoms with Crippen molar-refractivity contribution >= 4 is 22.4 Å². The lowest BCUT2D eigenvalue weighted by atomic mass is 10.1. The van der Waals surface area contributed by atoms with Crippen LogP contribution in [0.25, 0.3) is 16.5 Å². The van der Waals surface area contributed by atoms with Gasteiger partial charge < -0.3 is 9.84 Å². The van der Waals surface area contributed by atoms with Crippen molar-refractivity contribution in [2.45, 2.75) is 39.2 Å². The molecule has 7 nitrogen and oxygen atoms in total. The summed E-state index contributed by atoms with van der Waals surface area (Å²) in [6.45, 7) is 6.51. The lowest BCUT2D eigenvalue weighted by Crippen LogP contribution is -2.20. The van der Waals surface area contributed by atoms with Crippen LogP contribution < -0.4 is 10.3 Å². The minimum atomic E-state index is -0.609. The van der Waals surface area contributed by atoms with Crippen molar-refractivity contribution in [1.29, 1.82) is 0 Å². The van der Waals surface area contributed by atoms with Gasteiger partial charge >= 0.3 is 5.97 Å². The number of hydrogen-bond acceptors (Lipinski definition) is 5. The first-order chi connectivity index (χ1) is 17.8. The molecule has 1 N–H and O–H groups in total. The molecule has 0 amide bonds. The molecule has 1 aliphatic carbocycles. The first kappa shape index (κ1) is 27.3. The molecule has 0 aliphatic heterocycles. The molecule has 0 radical (unpaired) electrons. The second-order valence-corrected chi connectivity index (χ2v) is 8.93. The molecule has 7 heteroatoms. The smallest absolute Gasteiger partial charge is 0.306 e. The van der Waals surface area contributed by atoms with E-state index in [2.05, 4.69) is 29.0 Å². The van der Waals surface area contributed by atoms with Gasteiger partial charge in [0.1, 0.15) is 17.9 Å². The lowest BCUT2D eigenvalue weighted by molar-refractivity contribution is -0.141. The van der Waals surface area contributed by atoms with Crippen LogP contribution in [0.1, 0.15) is 43.7 Å². The number of aliphatic carboxylic acids is 1. The molecule has 4 aromatic rings. The normalized spacial score (nSPS) is 12.6. The fourth-order valence-electron chi connectivity index (χ4n) is 3.82. The Kier molecular flexibility index (Phi) is 10.1. The van der Waals surface area contributed by atoms with E-state index in [1.54, 1.807) is 19.2 Å². The summed E-state index contributed by atoms with van der Waals surface area (Å²) in [4.78, 5) is 21.6. The number of allylic oxidation sites excluding steroid dienone is 1. The Morgan fingerprint density at radius 1 is 1.00 bits per heavy atom. The molecule has 1 fully saturated rings. The highest BCUT2D eigenvalue weighted by Crippen LogP contribution is 2.24. The number of fused-ring (bicyclic) bond motifs is 1. The summed E-state index contributed by atoms with van der Waals surface area (Å²) in [5.74, 6) is 0.261. The third kappa shape index (κ3) is 8.42. The number of aryl methyl sites for hydroxylation is 1. The SMILES string of the molecule is C=C(C)c1ccc(OCc2ccccc2)cc1.Cn1nnc2ccccc2c1=O.O=C(O)C1CCCC1. The van der Waals surface area contributed by atoms with Gasteiger partial charge in [-0.2, -0.15) is 0 Å². The van der Waals surface area contributed by atoms with E-state index in [-0.39, 0.29) is 11.5 Å². The predicted molar refractivity (Wildman–Crippen MR) is 146 cm³/mol. The number of rotatable bonds is 5. The Morgan fingerprint density at radius 2 is 1.62 bits per heavy atom. The average Bonchev–Trinajstić information content (AvgIpc) is 3.47. The number of aromatic nitrogens is 3. The second kappa shape index (κ2) is 13.7. The summed E-state index contributed by atoms with van der Waals surface area (Å²) in [5, 5.41) is 16.5. The zero-order chi connectivity index (χ0) is 26.6. The quantitative estimate of drug-likeness (QED) is 0.368. The van der Waals surface area contributed by atoms with Crippen LogP contribution in [0, 0.1) is 5.92 Å². The molecule has 1 aromatic heterocycles. The number of hydrogen-bond donors (Lipinski definition) is 1. The number of carboxylic acids is 1. The molecule has 1 saturated carbocycles. The van der Waals surface area contributed by atoms with Crippen LogP contribution >= 0.6 is 0 Å². The molecule has 37 heavy (non-hydrogen) atoms. The van der Waals surface area contributed by atoms with Crippen LogP contribution in [0.15, 0.2) is 90.2 Å². The van der Waals surface area contributed by atoms with Crippen LogP contribution in [-0.2, 0) is 18.4 Å². The van der Waals surface area contributed by atoms with Gasteiger partial charge in [0.05, 0.1) is 11.3 Å². The van der Waals surface area contributed by atoms with E-state index < -0.39 is 5.97 Å². The Bertz CT molecular complexity index is 1360. The van der Waals surface area contributed by atoms with Gasteiger partial charge in [-0.1, -0.05) is 84.8 Å². The number of carbonyl (C=O) groups is 1. The predicted octanol–water partition coefficient (Wildman–Crippen LogP) is 5.89. The maximum absolute atomic E-state index is 11.4. The molecule has 192 valence electrons. The largest absolute Gasteiger partial charge is 0.489 e. The molecular formula is C30H33N3O4. The number of benzene rings is 3.